The minimum absolute atomic E-state index is 0.278. The molecule has 84 valence electrons. The van der Waals surface area contributed by atoms with Gasteiger partial charge in [-0.05, 0) is 6.92 Å². The van der Waals surface area contributed by atoms with Crippen LogP contribution < -0.4 is 0 Å². The average Bonchev–Trinajstić information content (AvgIpc) is 2.61. The molecule has 15 heavy (non-hydrogen) atoms. The third-order valence-corrected chi connectivity index (χ3v) is 2.86. The number of hydrogen-bond acceptors (Lipinski definition) is 6. The van der Waals surface area contributed by atoms with Crippen molar-refractivity contribution < 1.29 is 24.1 Å². The molecule has 1 heterocycles. The maximum absolute atomic E-state index is 10.4. The van der Waals surface area contributed by atoms with E-state index in [4.69, 9.17) is 15.0 Å². The van der Waals surface area contributed by atoms with Gasteiger partial charge in [0, 0.05) is 5.38 Å². The van der Waals surface area contributed by atoms with Crippen molar-refractivity contribution in [3.63, 3.8) is 0 Å². The summed E-state index contributed by atoms with van der Waals surface area (Å²) in [4.78, 5) is 20.8. The highest BCUT2D eigenvalue weighted by atomic mass is 32.1. The summed E-state index contributed by atoms with van der Waals surface area (Å²) in [6, 6.07) is 0. The Morgan fingerprint density at radius 3 is 2.93 bits per heavy atom. The predicted octanol–water partition coefficient (Wildman–Crippen LogP) is 0.951. The number of oxime groups is 1. The van der Waals surface area contributed by atoms with Crippen molar-refractivity contribution in [2.45, 2.75) is 13.5 Å². The molecule has 0 fully saturated rings. The van der Waals surface area contributed by atoms with Crippen LogP contribution in [0.5, 0.6) is 0 Å². The van der Waals surface area contributed by atoms with Crippen LogP contribution in [-0.4, -0.2) is 25.7 Å². The summed E-state index contributed by atoms with van der Waals surface area (Å²) in [5.74, 6) is 0. The molecule has 0 aliphatic rings. The summed E-state index contributed by atoms with van der Waals surface area (Å²) < 4.78 is 14.6. The number of thiazole rings is 1. The molecule has 0 aromatic carbocycles. The molecule has 0 spiro atoms. The first-order valence-corrected chi connectivity index (χ1v) is 6.17. The number of hydrogen-bond donors (Lipinski definition) is 3. The molecular formula is C6H9N2O5PS. The van der Waals surface area contributed by atoms with Crippen molar-refractivity contribution >= 4 is 24.9 Å². The van der Waals surface area contributed by atoms with Crippen LogP contribution >= 0.6 is 19.2 Å². The van der Waals surface area contributed by atoms with Crippen LogP contribution in [0, 0.1) is 0 Å². The van der Waals surface area contributed by atoms with Crippen LogP contribution in [0.2, 0.25) is 0 Å². The Morgan fingerprint density at radius 1 is 1.73 bits per heavy atom. The number of aromatic nitrogens is 1. The second kappa shape index (κ2) is 4.82. The molecule has 0 amide bonds. The Kier molecular flexibility index (Phi) is 3.95. The minimum Gasteiger partial charge on any atom is -0.411 e. The number of rotatable bonds is 4. The van der Waals surface area contributed by atoms with Crippen LogP contribution in [0.15, 0.2) is 10.5 Å². The van der Waals surface area contributed by atoms with Crippen LogP contribution in [-0.2, 0) is 15.7 Å². The van der Waals surface area contributed by atoms with Gasteiger partial charge in [0.1, 0.15) is 17.3 Å². The highest BCUT2D eigenvalue weighted by molar-refractivity contribution is 7.46. The van der Waals surface area contributed by atoms with E-state index in [-0.39, 0.29) is 6.61 Å². The Hall–Kier alpha value is -0.790. The lowest BCUT2D eigenvalue weighted by Crippen LogP contribution is -1.95. The Labute approximate surface area is 89.3 Å². The number of phosphoric acid groups is 1. The van der Waals surface area contributed by atoms with Gasteiger partial charge in [-0.1, -0.05) is 5.16 Å². The van der Waals surface area contributed by atoms with Gasteiger partial charge in [-0.3, -0.25) is 4.52 Å². The minimum atomic E-state index is -4.47. The van der Waals surface area contributed by atoms with Gasteiger partial charge in [-0.25, -0.2) is 9.55 Å². The lowest BCUT2D eigenvalue weighted by molar-refractivity contribution is 0.187. The zero-order valence-corrected chi connectivity index (χ0v) is 9.40. The zero-order chi connectivity index (χ0) is 11.5. The monoisotopic (exact) mass is 252 g/mol. The van der Waals surface area contributed by atoms with Gasteiger partial charge in [-0.15, -0.1) is 11.3 Å². The summed E-state index contributed by atoms with van der Waals surface area (Å²) in [5.41, 5.74) is 0.712. The first kappa shape index (κ1) is 12.3. The van der Waals surface area contributed by atoms with E-state index in [2.05, 4.69) is 14.7 Å². The van der Waals surface area contributed by atoms with E-state index in [0.717, 1.165) is 0 Å². The third-order valence-electron chi connectivity index (χ3n) is 1.39. The average molecular weight is 252 g/mol. The first-order valence-electron chi connectivity index (χ1n) is 3.76. The fourth-order valence-corrected chi connectivity index (χ4v) is 1.78. The van der Waals surface area contributed by atoms with Gasteiger partial charge in [0.25, 0.3) is 0 Å². The van der Waals surface area contributed by atoms with E-state index in [0.29, 0.717) is 16.4 Å². The van der Waals surface area contributed by atoms with E-state index in [9.17, 15) is 4.57 Å². The van der Waals surface area contributed by atoms with Crippen LogP contribution in [0.4, 0.5) is 0 Å². The summed E-state index contributed by atoms with van der Waals surface area (Å²) in [6.07, 6.45) is 0. The van der Waals surface area contributed by atoms with Crippen LogP contribution in [0.25, 0.3) is 0 Å². The fraction of sp³-hybridized carbons (Fsp3) is 0.333. The molecule has 9 heteroatoms. The van der Waals surface area contributed by atoms with Crippen molar-refractivity contribution in [1.82, 2.24) is 4.98 Å². The maximum atomic E-state index is 10.4. The molecular weight excluding hydrogens is 243 g/mol. The molecule has 1 rings (SSSR count). The lowest BCUT2D eigenvalue weighted by Gasteiger charge is -2.01. The Bertz CT molecular complexity index is 411. The first-order chi connectivity index (χ1) is 6.92. The molecule has 0 aliphatic heterocycles. The second-order valence-electron chi connectivity index (χ2n) is 2.59. The second-order valence-corrected chi connectivity index (χ2v) is 4.69. The molecule has 0 saturated heterocycles. The smallest absolute Gasteiger partial charge is 0.411 e. The molecule has 0 atom stereocenters. The summed E-state index contributed by atoms with van der Waals surface area (Å²) in [5, 5.41) is 13.4. The van der Waals surface area contributed by atoms with E-state index >= 15 is 0 Å². The Morgan fingerprint density at radius 2 is 2.40 bits per heavy atom. The van der Waals surface area contributed by atoms with Crippen molar-refractivity contribution in [1.29, 1.82) is 0 Å². The van der Waals surface area contributed by atoms with Crippen molar-refractivity contribution in [2.24, 2.45) is 5.16 Å². The normalized spacial score (nSPS) is 13.1. The summed E-state index contributed by atoms with van der Waals surface area (Å²) in [6.45, 7) is 1.28. The van der Waals surface area contributed by atoms with E-state index < -0.39 is 7.82 Å². The number of nitrogens with zero attached hydrogens (tertiary/aromatic N) is 2. The van der Waals surface area contributed by atoms with Gasteiger partial charge in [-0.2, -0.15) is 0 Å². The SMILES string of the molecule is C/C(=N\O)c1nc(COP(=O)(O)O)cs1. The van der Waals surface area contributed by atoms with Crippen molar-refractivity contribution in [3.8, 4) is 0 Å². The summed E-state index contributed by atoms with van der Waals surface area (Å²) >= 11 is 1.20. The van der Waals surface area contributed by atoms with E-state index in [1.807, 2.05) is 0 Å². The molecule has 1 aromatic rings. The zero-order valence-electron chi connectivity index (χ0n) is 7.69. The topological polar surface area (TPSA) is 112 Å². The Balaban J connectivity index is 2.65. The van der Waals surface area contributed by atoms with Crippen LogP contribution in [0.1, 0.15) is 17.6 Å². The quantitative estimate of drug-likeness (QED) is 0.318. The predicted molar refractivity (Wildman–Crippen MR) is 52.9 cm³/mol. The van der Waals surface area contributed by atoms with Crippen molar-refractivity contribution in [3.05, 3.63) is 16.1 Å². The molecule has 3 N–H and O–H groups in total. The maximum Gasteiger partial charge on any atom is 0.469 e. The summed E-state index contributed by atoms with van der Waals surface area (Å²) in [7, 11) is -4.47. The highest BCUT2D eigenvalue weighted by Gasteiger charge is 2.15. The lowest BCUT2D eigenvalue weighted by atomic mass is 10.4. The van der Waals surface area contributed by atoms with Gasteiger partial charge in [0.05, 0.1) is 5.69 Å². The van der Waals surface area contributed by atoms with Crippen LogP contribution in [0.3, 0.4) is 0 Å². The third kappa shape index (κ3) is 4.06. The molecule has 1 aromatic heterocycles. The molecule has 0 saturated carbocycles. The van der Waals surface area contributed by atoms with Gasteiger partial charge in [0.15, 0.2) is 0 Å². The van der Waals surface area contributed by atoms with Crippen molar-refractivity contribution in [2.75, 3.05) is 0 Å². The van der Waals surface area contributed by atoms with Gasteiger partial charge < -0.3 is 15.0 Å². The fourth-order valence-electron chi connectivity index (χ4n) is 0.732. The molecule has 0 bridgehead atoms. The largest absolute Gasteiger partial charge is 0.469 e. The molecule has 0 unspecified atom stereocenters. The standard InChI is InChI=1S/C6H9N2O5PS/c1-4(8-9)6-7-5(3-15-6)2-13-14(10,11)12/h3,9H,2H2,1H3,(H2,10,11,12)/b8-4+. The number of phosphoric ester groups is 1. The molecule has 0 radical (unpaired) electrons. The molecule has 7 nitrogen and oxygen atoms in total. The molecule has 0 aliphatic carbocycles. The highest BCUT2D eigenvalue weighted by Crippen LogP contribution is 2.36. The van der Waals surface area contributed by atoms with Gasteiger partial charge in [0.2, 0.25) is 0 Å². The van der Waals surface area contributed by atoms with E-state index in [1.165, 1.54) is 11.3 Å². The van der Waals surface area contributed by atoms with Gasteiger partial charge >= 0.3 is 7.82 Å². The van der Waals surface area contributed by atoms with E-state index in [1.54, 1.807) is 12.3 Å².